The quantitative estimate of drug-likeness (QED) is 0.250. The largest absolute Gasteiger partial charge is 0.497 e. The summed E-state index contributed by atoms with van der Waals surface area (Å²) in [5, 5.41) is 7.84. The van der Waals surface area contributed by atoms with E-state index in [1.165, 1.54) is 11.4 Å². The van der Waals surface area contributed by atoms with Crippen molar-refractivity contribution in [3.8, 4) is 5.75 Å². The van der Waals surface area contributed by atoms with Crippen molar-refractivity contribution in [3.05, 3.63) is 90.0 Å². The third-order valence-corrected chi connectivity index (χ3v) is 9.98. The number of anilines is 1. The van der Waals surface area contributed by atoms with Crippen molar-refractivity contribution in [1.82, 2.24) is 9.21 Å². The number of hydrogen-bond acceptors (Lipinski definition) is 6. The van der Waals surface area contributed by atoms with Crippen molar-refractivity contribution < 1.29 is 22.7 Å². The number of benzene rings is 3. The van der Waals surface area contributed by atoms with Crippen molar-refractivity contribution in [2.45, 2.75) is 24.3 Å². The first kappa shape index (κ1) is 30.5. The molecule has 2 saturated heterocycles. The van der Waals surface area contributed by atoms with Gasteiger partial charge in [0.2, 0.25) is 10.0 Å². The number of methoxy groups -OCH3 is 1. The minimum atomic E-state index is -3.64. The normalized spacial score (nSPS) is 18.5. The van der Waals surface area contributed by atoms with Gasteiger partial charge in [-0.25, -0.2) is 13.2 Å². The Morgan fingerprint density at radius 3 is 2.42 bits per heavy atom. The second-order valence-electron chi connectivity index (χ2n) is 11.2. The molecule has 0 aromatic heterocycles. The lowest BCUT2D eigenvalue weighted by atomic mass is 9.96. The van der Waals surface area contributed by atoms with E-state index in [-0.39, 0.29) is 28.6 Å². The van der Waals surface area contributed by atoms with Crippen LogP contribution in [-0.2, 0) is 21.4 Å². The van der Waals surface area contributed by atoms with Gasteiger partial charge in [-0.15, -0.1) is 0 Å². The zero-order chi connectivity index (χ0) is 30.4. The van der Waals surface area contributed by atoms with Gasteiger partial charge in [0.15, 0.2) is 0 Å². The predicted octanol–water partition coefficient (Wildman–Crippen LogP) is 4.16. The summed E-state index contributed by atoms with van der Waals surface area (Å²) in [6.07, 6.45) is 1.31. The number of nitrogens with zero attached hydrogens (tertiary/aromatic N) is 3. The number of nitrogens with one attached hydrogen (secondary N) is 1. The molecule has 0 spiro atoms. The van der Waals surface area contributed by atoms with Gasteiger partial charge in [0.05, 0.1) is 25.2 Å². The molecule has 2 fully saturated rings. The van der Waals surface area contributed by atoms with Crippen molar-refractivity contribution in [3.63, 3.8) is 0 Å². The standard InChI is InChI=1S/C32H39N5O5S/c1-41-29-11-6-12-30(18-29)43(39,40)36-15-13-24(14-16-36)19-35-20-26(23-42-22-25-7-3-2-4-8-25)21-37(32(35)38)28-10-5-9-27(17-28)31(33)34/h2-12,17-18,24,26H,13-16,19-23H2,1H3,(H3,33,34). The van der Waals surface area contributed by atoms with Gasteiger partial charge in [-0.2, -0.15) is 4.31 Å². The number of hydrogen-bond donors (Lipinski definition) is 2. The summed E-state index contributed by atoms with van der Waals surface area (Å²) in [4.78, 5) is 17.6. The van der Waals surface area contributed by atoms with Crippen LogP contribution < -0.4 is 15.4 Å². The first-order valence-corrected chi connectivity index (χ1v) is 16.0. The Morgan fingerprint density at radius 1 is 0.953 bits per heavy atom. The van der Waals surface area contributed by atoms with Gasteiger partial charge in [0.1, 0.15) is 11.6 Å². The molecule has 0 saturated carbocycles. The molecule has 5 rings (SSSR count). The SMILES string of the molecule is COc1cccc(S(=O)(=O)N2CCC(CN3CC(COCc4ccccc4)CN(c4cccc(C(=N)N)c4)C3=O)CC2)c1. The second-order valence-corrected chi connectivity index (χ2v) is 13.1. The summed E-state index contributed by atoms with van der Waals surface area (Å²) >= 11 is 0. The molecule has 2 heterocycles. The number of ether oxygens (including phenoxy) is 2. The number of amides is 2. The zero-order valence-corrected chi connectivity index (χ0v) is 25.2. The molecule has 1 unspecified atom stereocenters. The number of rotatable bonds is 11. The maximum Gasteiger partial charge on any atom is 0.324 e. The van der Waals surface area contributed by atoms with Crippen LogP contribution in [0.5, 0.6) is 5.75 Å². The van der Waals surface area contributed by atoms with Crippen molar-refractivity contribution in [2.75, 3.05) is 51.3 Å². The van der Waals surface area contributed by atoms with Crippen LogP contribution in [0.3, 0.4) is 0 Å². The maximum absolute atomic E-state index is 13.8. The molecule has 2 aliphatic rings. The van der Waals surface area contributed by atoms with Crippen LogP contribution in [0, 0.1) is 17.2 Å². The molecule has 11 heteroatoms. The highest BCUT2D eigenvalue weighted by molar-refractivity contribution is 7.89. The molecule has 3 N–H and O–H groups in total. The summed E-state index contributed by atoms with van der Waals surface area (Å²) in [6, 6.07) is 23.6. The molecular formula is C32H39N5O5S. The summed E-state index contributed by atoms with van der Waals surface area (Å²) in [6.45, 7) is 3.33. The molecule has 43 heavy (non-hydrogen) atoms. The number of amidine groups is 1. The Kier molecular flexibility index (Phi) is 9.64. The minimum absolute atomic E-state index is 0.0541. The first-order valence-electron chi connectivity index (χ1n) is 14.5. The van der Waals surface area contributed by atoms with Gasteiger partial charge in [-0.3, -0.25) is 10.3 Å². The van der Waals surface area contributed by atoms with Crippen molar-refractivity contribution in [2.24, 2.45) is 17.6 Å². The van der Waals surface area contributed by atoms with Crippen LogP contribution in [0.15, 0.2) is 83.8 Å². The maximum atomic E-state index is 13.8. The fourth-order valence-corrected chi connectivity index (χ4v) is 7.25. The molecule has 2 amide bonds. The van der Waals surface area contributed by atoms with Gasteiger partial charge >= 0.3 is 6.03 Å². The number of carbonyl (C=O) groups is 1. The fraction of sp³-hybridized carbons (Fsp3) is 0.375. The molecule has 0 radical (unpaired) electrons. The molecule has 3 aromatic carbocycles. The van der Waals surface area contributed by atoms with Gasteiger partial charge in [-0.05, 0) is 48.6 Å². The number of sulfonamides is 1. The fourth-order valence-electron chi connectivity index (χ4n) is 5.74. The Morgan fingerprint density at radius 2 is 1.70 bits per heavy atom. The molecule has 228 valence electrons. The van der Waals surface area contributed by atoms with Gasteiger partial charge < -0.3 is 20.1 Å². The molecule has 0 aliphatic carbocycles. The van der Waals surface area contributed by atoms with Gasteiger partial charge in [-0.1, -0.05) is 48.5 Å². The van der Waals surface area contributed by atoms with E-state index < -0.39 is 10.0 Å². The Balaban J connectivity index is 1.26. The lowest BCUT2D eigenvalue weighted by molar-refractivity contribution is 0.0661. The van der Waals surface area contributed by atoms with Crippen molar-refractivity contribution >= 4 is 27.6 Å². The summed E-state index contributed by atoms with van der Waals surface area (Å²) in [5.41, 5.74) is 8.08. The monoisotopic (exact) mass is 605 g/mol. The lowest BCUT2D eigenvalue weighted by Gasteiger charge is -2.42. The van der Waals surface area contributed by atoms with E-state index in [0.29, 0.717) is 75.8 Å². The topological polar surface area (TPSA) is 129 Å². The minimum Gasteiger partial charge on any atom is -0.497 e. The molecule has 0 bridgehead atoms. The van der Waals surface area contributed by atoms with Crippen LogP contribution in [0.25, 0.3) is 0 Å². The summed E-state index contributed by atoms with van der Waals surface area (Å²) in [7, 11) is -2.13. The van der Waals surface area contributed by atoms with E-state index in [0.717, 1.165) is 5.56 Å². The van der Waals surface area contributed by atoms with Gasteiger partial charge in [0, 0.05) is 56.0 Å². The molecule has 1 atom stereocenters. The van der Waals surface area contributed by atoms with E-state index in [4.69, 9.17) is 20.6 Å². The van der Waals surface area contributed by atoms with Crippen LogP contribution in [0.1, 0.15) is 24.0 Å². The van der Waals surface area contributed by atoms with Crippen LogP contribution >= 0.6 is 0 Å². The number of piperidine rings is 1. The lowest BCUT2D eigenvalue weighted by Crippen LogP contribution is -2.56. The molecular weight excluding hydrogens is 566 g/mol. The van der Waals surface area contributed by atoms with Crippen molar-refractivity contribution in [1.29, 1.82) is 5.41 Å². The Labute approximate surface area is 253 Å². The Hall–Kier alpha value is -3.93. The summed E-state index contributed by atoms with van der Waals surface area (Å²) < 4.78 is 39.4. The average Bonchev–Trinajstić information content (AvgIpc) is 3.03. The van der Waals surface area contributed by atoms with Crippen LogP contribution in [0.2, 0.25) is 0 Å². The number of carbonyl (C=O) groups excluding carboxylic acids is 1. The highest BCUT2D eigenvalue weighted by atomic mass is 32.2. The average molecular weight is 606 g/mol. The Bertz CT molecular complexity index is 1530. The number of urea groups is 1. The molecule has 2 aliphatic heterocycles. The highest BCUT2D eigenvalue weighted by Gasteiger charge is 2.36. The summed E-state index contributed by atoms with van der Waals surface area (Å²) in [5.74, 6) is 0.674. The third kappa shape index (κ3) is 7.35. The van der Waals surface area contributed by atoms with Gasteiger partial charge in [0.25, 0.3) is 0 Å². The van der Waals surface area contributed by atoms with E-state index in [2.05, 4.69) is 0 Å². The van der Waals surface area contributed by atoms with E-state index in [1.807, 2.05) is 41.3 Å². The van der Waals surface area contributed by atoms with E-state index >= 15 is 0 Å². The molecule has 10 nitrogen and oxygen atoms in total. The van der Waals surface area contributed by atoms with E-state index in [9.17, 15) is 13.2 Å². The number of nitrogen functional groups attached to an aromatic ring is 1. The zero-order valence-electron chi connectivity index (χ0n) is 24.4. The second kappa shape index (κ2) is 13.6. The van der Waals surface area contributed by atoms with E-state index in [1.54, 1.807) is 47.4 Å². The van der Waals surface area contributed by atoms with Crippen LogP contribution in [-0.4, -0.2) is 75.9 Å². The smallest absolute Gasteiger partial charge is 0.324 e. The van der Waals surface area contributed by atoms with Crippen LogP contribution in [0.4, 0.5) is 10.5 Å². The third-order valence-electron chi connectivity index (χ3n) is 8.09. The highest BCUT2D eigenvalue weighted by Crippen LogP contribution is 2.29. The molecule has 3 aromatic rings. The first-order chi connectivity index (χ1) is 20.7. The number of nitrogens with two attached hydrogens (primary N) is 1. The predicted molar refractivity (Wildman–Crippen MR) is 166 cm³/mol.